The summed E-state index contributed by atoms with van der Waals surface area (Å²) >= 11 is 6.90. The number of hydrogen-bond donors (Lipinski definition) is 1. The van der Waals surface area contributed by atoms with Gasteiger partial charge in [-0.2, -0.15) is 10.5 Å². The Hall–Kier alpha value is -1.35. The minimum absolute atomic E-state index is 0.284. The maximum absolute atomic E-state index is 10.6. The average molecular weight is 508 g/mol. The first-order valence-corrected chi connectivity index (χ1v) is 13.0. The van der Waals surface area contributed by atoms with Crippen molar-refractivity contribution in [1.29, 1.82) is 10.5 Å². The highest BCUT2D eigenvalue weighted by atomic mass is 79.9. The van der Waals surface area contributed by atoms with E-state index in [-0.39, 0.29) is 11.8 Å². The highest BCUT2D eigenvalue weighted by molar-refractivity contribution is 9.10. The van der Waals surface area contributed by atoms with E-state index >= 15 is 0 Å². The summed E-state index contributed by atoms with van der Waals surface area (Å²) in [6, 6.07) is 10.7. The van der Waals surface area contributed by atoms with E-state index in [2.05, 4.69) is 41.9 Å². The summed E-state index contributed by atoms with van der Waals surface area (Å²) in [6.45, 7) is 4.30. The lowest BCUT2D eigenvalue weighted by Gasteiger charge is -2.32. The number of aliphatic imine (C=N–C) groups is 1. The summed E-state index contributed by atoms with van der Waals surface area (Å²) in [5.74, 6) is 2.32. The molecule has 2 aliphatic rings. The number of thioether (sulfide) groups is 2. The van der Waals surface area contributed by atoms with E-state index < -0.39 is 15.0 Å². The quantitative estimate of drug-likeness (QED) is 0.324. The standard InChI is InChI=1S/C22H27BrN4OS2/c1-4-6-10-29-22(30-11-7-5-2)21(14-25)18(20(21,13-24)19(26)27-22)16-12-15(23)8-9-17(16)28-3/h8-9,12,18H,4-7,10-11H2,1-3H3,(H2,26,27). The summed E-state index contributed by atoms with van der Waals surface area (Å²) in [4.78, 5) is 4.86. The number of halogens is 1. The molecule has 3 atom stereocenters. The highest BCUT2D eigenvalue weighted by Crippen LogP contribution is 2.86. The third kappa shape index (κ3) is 3.15. The van der Waals surface area contributed by atoms with Crippen LogP contribution in [0, 0.1) is 33.5 Å². The molecule has 1 aromatic rings. The Kier molecular flexibility index (Phi) is 7.01. The SMILES string of the molecule is CCCCSC1(SCCCC)N=C(N)C2(C#N)C(c3cc(Br)ccc3OC)C12C#N. The number of nitrogens with zero attached hydrogens (tertiary/aromatic N) is 3. The largest absolute Gasteiger partial charge is 0.496 e. The van der Waals surface area contributed by atoms with Gasteiger partial charge in [-0.05, 0) is 42.5 Å². The second-order valence-electron chi connectivity index (χ2n) is 7.64. The number of methoxy groups -OCH3 is 1. The van der Waals surface area contributed by atoms with Crippen molar-refractivity contribution in [3.63, 3.8) is 0 Å². The molecule has 0 saturated heterocycles. The number of unbranched alkanes of at least 4 members (excludes halogenated alkanes) is 2. The van der Waals surface area contributed by atoms with Gasteiger partial charge in [-0.1, -0.05) is 42.6 Å². The van der Waals surface area contributed by atoms with E-state index in [1.807, 2.05) is 18.2 Å². The molecule has 0 radical (unpaired) electrons. The minimum atomic E-state index is -1.13. The monoisotopic (exact) mass is 506 g/mol. The number of nitrogens with two attached hydrogens (primary N) is 1. The molecule has 8 heteroatoms. The van der Waals surface area contributed by atoms with Crippen molar-refractivity contribution in [2.24, 2.45) is 21.6 Å². The van der Waals surface area contributed by atoms with Crippen LogP contribution in [0.5, 0.6) is 5.75 Å². The van der Waals surface area contributed by atoms with Crippen LogP contribution >= 0.6 is 39.5 Å². The van der Waals surface area contributed by atoms with E-state index in [0.29, 0.717) is 5.75 Å². The lowest BCUT2D eigenvalue weighted by Crippen LogP contribution is -2.32. The Morgan fingerprint density at radius 2 is 1.80 bits per heavy atom. The lowest BCUT2D eigenvalue weighted by atomic mass is 9.97. The molecule has 1 aliphatic carbocycles. The number of nitriles is 2. The molecule has 3 rings (SSSR count). The fraction of sp³-hybridized carbons (Fsp3) is 0.591. The number of ether oxygens (including phenoxy) is 1. The zero-order valence-electron chi connectivity index (χ0n) is 17.6. The van der Waals surface area contributed by atoms with Gasteiger partial charge in [0.05, 0.1) is 19.2 Å². The zero-order valence-corrected chi connectivity index (χ0v) is 20.8. The molecule has 160 valence electrons. The molecule has 0 aromatic heterocycles. The van der Waals surface area contributed by atoms with Crippen molar-refractivity contribution in [3.8, 4) is 17.9 Å². The first-order valence-electron chi connectivity index (χ1n) is 10.2. The van der Waals surface area contributed by atoms with Crippen molar-refractivity contribution in [2.45, 2.75) is 49.7 Å². The molecule has 2 N–H and O–H groups in total. The summed E-state index contributed by atoms with van der Waals surface area (Å²) in [7, 11) is 1.61. The third-order valence-corrected chi connectivity index (χ3v) is 9.82. The van der Waals surface area contributed by atoms with E-state index in [0.717, 1.165) is 47.2 Å². The molecule has 1 saturated carbocycles. The summed E-state index contributed by atoms with van der Waals surface area (Å²) in [5, 5.41) is 20.9. The van der Waals surface area contributed by atoms with Gasteiger partial charge in [0.2, 0.25) is 0 Å². The molecule has 1 aliphatic heterocycles. The van der Waals surface area contributed by atoms with Gasteiger partial charge in [0, 0.05) is 16.0 Å². The predicted octanol–water partition coefficient (Wildman–Crippen LogP) is 5.67. The number of hydrogen-bond acceptors (Lipinski definition) is 7. The molecular formula is C22H27BrN4OS2. The average Bonchev–Trinajstić information content (AvgIpc) is 3.32. The Morgan fingerprint density at radius 1 is 1.17 bits per heavy atom. The van der Waals surface area contributed by atoms with Crippen LogP contribution in [0.1, 0.15) is 51.0 Å². The van der Waals surface area contributed by atoms with Crippen molar-refractivity contribution < 1.29 is 4.74 Å². The third-order valence-electron chi connectivity index (χ3n) is 6.02. The van der Waals surface area contributed by atoms with Gasteiger partial charge in [-0.15, -0.1) is 23.5 Å². The van der Waals surface area contributed by atoms with Gasteiger partial charge in [-0.3, -0.25) is 0 Å². The van der Waals surface area contributed by atoms with Crippen molar-refractivity contribution >= 4 is 45.3 Å². The van der Waals surface area contributed by atoms with E-state index in [4.69, 9.17) is 15.5 Å². The molecule has 0 bridgehead atoms. The Balaban J connectivity index is 2.16. The van der Waals surface area contributed by atoms with Crippen LogP contribution in [0.2, 0.25) is 0 Å². The molecule has 30 heavy (non-hydrogen) atoms. The second kappa shape index (κ2) is 9.02. The van der Waals surface area contributed by atoms with Crippen LogP contribution in [0.4, 0.5) is 0 Å². The minimum Gasteiger partial charge on any atom is -0.496 e. The summed E-state index contributed by atoms with van der Waals surface area (Å²) in [6.07, 6.45) is 4.19. The fourth-order valence-corrected chi connectivity index (χ4v) is 8.53. The van der Waals surface area contributed by atoms with Crippen LogP contribution in [0.25, 0.3) is 0 Å². The van der Waals surface area contributed by atoms with E-state index in [9.17, 15) is 10.5 Å². The zero-order chi connectivity index (χ0) is 22.0. The maximum Gasteiger partial charge on any atom is 0.175 e. The summed E-state index contributed by atoms with van der Waals surface area (Å²) in [5.41, 5.74) is 5.15. The van der Waals surface area contributed by atoms with E-state index in [1.165, 1.54) is 0 Å². The maximum atomic E-state index is 10.6. The Bertz CT molecular complexity index is 915. The van der Waals surface area contributed by atoms with E-state index in [1.54, 1.807) is 30.6 Å². The van der Waals surface area contributed by atoms with Crippen LogP contribution in [0.15, 0.2) is 27.7 Å². The number of fused-ring (bicyclic) bond motifs is 1. The topological polar surface area (TPSA) is 95.2 Å². The molecule has 1 aromatic carbocycles. The number of rotatable bonds is 10. The molecule has 3 unspecified atom stereocenters. The summed E-state index contributed by atoms with van der Waals surface area (Å²) < 4.78 is 5.70. The first kappa shape index (κ1) is 23.3. The smallest absolute Gasteiger partial charge is 0.175 e. The van der Waals surface area contributed by atoms with Crippen LogP contribution in [0.3, 0.4) is 0 Å². The second-order valence-corrected chi connectivity index (χ2v) is 11.4. The lowest BCUT2D eigenvalue weighted by molar-refractivity contribution is 0.407. The fourth-order valence-electron chi connectivity index (χ4n) is 4.47. The van der Waals surface area contributed by atoms with Gasteiger partial charge >= 0.3 is 0 Å². The van der Waals surface area contributed by atoms with Gasteiger partial charge in [0.25, 0.3) is 0 Å². The van der Waals surface area contributed by atoms with Crippen LogP contribution < -0.4 is 10.5 Å². The van der Waals surface area contributed by atoms with Crippen molar-refractivity contribution in [2.75, 3.05) is 18.6 Å². The van der Waals surface area contributed by atoms with Crippen LogP contribution in [-0.2, 0) is 0 Å². The Morgan fingerprint density at radius 3 is 2.30 bits per heavy atom. The van der Waals surface area contributed by atoms with Gasteiger partial charge in [0.15, 0.2) is 4.20 Å². The molecule has 0 amide bonds. The molecule has 0 spiro atoms. The highest BCUT2D eigenvalue weighted by Gasteiger charge is 2.92. The van der Waals surface area contributed by atoms with Gasteiger partial charge in [0.1, 0.15) is 22.4 Å². The molecule has 5 nitrogen and oxygen atoms in total. The van der Waals surface area contributed by atoms with Crippen molar-refractivity contribution in [3.05, 3.63) is 28.2 Å². The van der Waals surface area contributed by atoms with Gasteiger partial charge in [-0.25, -0.2) is 4.99 Å². The van der Waals surface area contributed by atoms with Crippen LogP contribution in [-0.4, -0.2) is 28.7 Å². The number of benzene rings is 1. The molecule has 1 heterocycles. The normalized spacial score (nSPS) is 28.2. The predicted molar refractivity (Wildman–Crippen MR) is 129 cm³/mol. The van der Waals surface area contributed by atoms with Gasteiger partial charge < -0.3 is 10.5 Å². The van der Waals surface area contributed by atoms with Crippen molar-refractivity contribution in [1.82, 2.24) is 0 Å². The first-order chi connectivity index (χ1) is 14.4. The molecular weight excluding hydrogens is 480 g/mol. The molecule has 1 fully saturated rings. The number of amidine groups is 1. The Labute approximate surface area is 196 Å².